The minimum atomic E-state index is -0.670. The van der Waals surface area contributed by atoms with Gasteiger partial charge in [-0.1, -0.05) is 18.2 Å². The summed E-state index contributed by atoms with van der Waals surface area (Å²) in [5.41, 5.74) is 2.06. The Labute approximate surface area is 99.6 Å². The summed E-state index contributed by atoms with van der Waals surface area (Å²) in [7, 11) is 0. The van der Waals surface area contributed by atoms with Crippen molar-refractivity contribution in [3.8, 4) is 0 Å². The van der Waals surface area contributed by atoms with E-state index in [0.717, 1.165) is 17.7 Å². The molecule has 0 saturated heterocycles. The SMILES string of the molecule is O=C1CCc2ccccc2N1CC(O)CCl. The van der Waals surface area contributed by atoms with Crippen LogP contribution in [-0.4, -0.2) is 29.5 Å². The Morgan fingerprint density at radius 1 is 1.38 bits per heavy atom. The highest BCUT2D eigenvalue weighted by atomic mass is 35.5. The number of carbonyl (C=O) groups is 1. The molecule has 16 heavy (non-hydrogen) atoms. The van der Waals surface area contributed by atoms with Crippen LogP contribution >= 0.6 is 11.6 Å². The van der Waals surface area contributed by atoms with Crippen molar-refractivity contribution in [2.45, 2.75) is 18.9 Å². The highest BCUT2D eigenvalue weighted by Crippen LogP contribution is 2.27. The molecule has 1 aromatic carbocycles. The van der Waals surface area contributed by atoms with Crippen LogP contribution < -0.4 is 4.90 Å². The van der Waals surface area contributed by atoms with E-state index in [1.165, 1.54) is 0 Å². The number of carbonyl (C=O) groups excluding carboxylic acids is 1. The summed E-state index contributed by atoms with van der Waals surface area (Å²) in [4.78, 5) is 13.4. The van der Waals surface area contributed by atoms with E-state index < -0.39 is 6.10 Å². The lowest BCUT2D eigenvalue weighted by Gasteiger charge is -2.30. The summed E-state index contributed by atoms with van der Waals surface area (Å²) in [6.07, 6.45) is 0.617. The normalized spacial score (nSPS) is 17.1. The number of β-amino-alcohol motifs (C(OH)–C–C–N with tert-alkyl or cyclic N) is 1. The summed E-state index contributed by atoms with van der Waals surface area (Å²) >= 11 is 5.56. The number of benzene rings is 1. The Balaban J connectivity index is 2.26. The molecule has 0 aliphatic carbocycles. The van der Waals surface area contributed by atoms with E-state index in [0.29, 0.717) is 6.42 Å². The first-order chi connectivity index (χ1) is 7.72. The molecule has 1 atom stereocenters. The molecule has 0 aromatic heterocycles. The van der Waals surface area contributed by atoms with Gasteiger partial charge in [0.1, 0.15) is 0 Å². The van der Waals surface area contributed by atoms with Crippen LogP contribution in [0.3, 0.4) is 0 Å². The molecule has 0 radical (unpaired) electrons. The molecule has 1 aromatic rings. The number of rotatable bonds is 3. The monoisotopic (exact) mass is 239 g/mol. The third-order valence-corrected chi connectivity index (χ3v) is 3.12. The number of nitrogens with zero attached hydrogens (tertiary/aromatic N) is 1. The highest BCUT2D eigenvalue weighted by Gasteiger charge is 2.25. The van der Waals surface area contributed by atoms with Crippen LogP contribution in [0.1, 0.15) is 12.0 Å². The van der Waals surface area contributed by atoms with Crippen molar-refractivity contribution < 1.29 is 9.90 Å². The number of aliphatic hydroxyl groups is 1. The van der Waals surface area contributed by atoms with Crippen LogP contribution in [0.4, 0.5) is 5.69 Å². The number of amides is 1. The van der Waals surface area contributed by atoms with Crippen molar-refractivity contribution in [2.75, 3.05) is 17.3 Å². The lowest BCUT2D eigenvalue weighted by Crippen LogP contribution is -2.41. The molecule has 1 unspecified atom stereocenters. The average Bonchev–Trinajstić information content (AvgIpc) is 2.32. The number of alkyl halides is 1. The van der Waals surface area contributed by atoms with Crippen LogP contribution in [-0.2, 0) is 11.2 Å². The Bertz CT molecular complexity index is 394. The first-order valence-electron chi connectivity index (χ1n) is 5.34. The van der Waals surface area contributed by atoms with Gasteiger partial charge in [0.15, 0.2) is 0 Å². The molecule has 1 aliphatic heterocycles. The number of fused-ring (bicyclic) bond motifs is 1. The van der Waals surface area contributed by atoms with Gasteiger partial charge in [0.05, 0.1) is 18.5 Å². The molecule has 4 heteroatoms. The fourth-order valence-corrected chi connectivity index (χ4v) is 2.05. The second-order valence-electron chi connectivity index (χ2n) is 3.94. The minimum absolute atomic E-state index is 0.0582. The maximum Gasteiger partial charge on any atom is 0.227 e. The maximum atomic E-state index is 11.8. The molecule has 0 fully saturated rings. The smallest absolute Gasteiger partial charge is 0.227 e. The number of aliphatic hydroxyl groups excluding tert-OH is 1. The van der Waals surface area contributed by atoms with E-state index >= 15 is 0 Å². The second kappa shape index (κ2) is 4.85. The number of halogens is 1. The molecule has 1 N–H and O–H groups in total. The molecule has 1 heterocycles. The van der Waals surface area contributed by atoms with Gasteiger partial charge in [-0.25, -0.2) is 0 Å². The molecule has 0 spiro atoms. The molecular weight excluding hydrogens is 226 g/mol. The standard InChI is InChI=1S/C12H14ClNO2/c13-7-10(15)8-14-11-4-2-1-3-9(11)5-6-12(14)16/h1-4,10,15H,5-8H2. The molecule has 0 bridgehead atoms. The zero-order chi connectivity index (χ0) is 11.5. The lowest BCUT2D eigenvalue weighted by atomic mass is 10.0. The fourth-order valence-electron chi connectivity index (χ4n) is 1.96. The van der Waals surface area contributed by atoms with Gasteiger partial charge in [-0.05, 0) is 18.1 Å². The van der Waals surface area contributed by atoms with E-state index in [9.17, 15) is 9.90 Å². The summed E-state index contributed by atoms with van der Waals surface area (Å²) < 4.78 is 0. The summed E-state index contributed by atoms with van der Waals surface area (Å²) in [5, 5.41) is 9.53. The van der Waals surface area contributed by atoms with Crippen LogP contribution in [0.25, 0.3) is 0 Å². The minimum Gasteiger partial charge on any atom is -0.390 e. The number of aryl methyl sites for hydroxylation is 1. The first kappa shape index (κ1) is 11.4. The molecule has 1 amide bonds. The van der Waals surface area contributed by atoms with Crippen molar-refractivity contribution in [2.24, 2.45) is 0 Å². The zero-order valence-corrected chi connectivity index (χ0v) is 9.65. The van der Waals surface area contributed by atoms with E-state index in [4.69, 9.17) is 11.6 Å². The van der Waals surface area contributed by atoms with Crippen LogP contribution in [0.5, 0.6) is 0 Å². The van der Waals surface area contributed by atoms with Gasteiger partial charge in [0.25, 0.3) is 0 Å². The van der Waals surface area contributed by atoms with E-state index in [2.05, 4.69) is 0 Å². The van der Waals surface area contributed by atoms with Crippen molar-refractivity contribution in [3.05, 3.63) is 29.8 Å². The third kappa shape index (κ3) is 2.20. The van der Waals surface area contributed by atoms with Gasteiger partial charge < -0.3 is 10.0 Å². The number of hydrogen-bond donors (Lipinski definition) is 1. The quantitative estimate of drug-likeness (QED) is 0.814. The van der Waals surface area contributed by atoms with Gasteiger partial charge in [-0.3, -0.25) is 4.79 Å². The summed E-state index contributed by atoms with van der Waals surface area (Å²) in [6, 6.07) is 7.79. The highest BCUT2D eigenvalue weighted by molar-refractivity contribution is 6.18. The van der Waals surface area contributed by atoms with Gasteiger partial charge in [-0.2, -0.15) is 0 Å². The van der Waals surface area contributed by atoms with Crippen molar-refractivity contribution in [3.63, 3.8) is 0 Å². The molecular formula is C12H14ClNO2. The van der Waals surface area contributed by atoms with Crippen LogP contribution in [0, 0.1) is 0 Å². The third-order valence-electron chi connectivity index (χ3n) is 2.76. The zero-order valence-electron chi connectivity index (χ0n) is 8.90. The maximum absolute atomic E-state index is 11.8. The lowest BCUT2D eigenvalue weighted by molar-refractivity contribution is -0.119. The average molecular weight is 240 g/mol. The number of hydrogen-bond acceptors (Lipinski definition) is 2. The first-order valence-corrected chi connectivity index (χ1v) is 5.88. The summed E-state index contributed by atoms with van der Waals surface area (Å²) in [5.74, 6) is 0.203. The predicted octanol–water partition coefficient (Wildman–Crippen LogP) is 1.57. The molecule has 2 rings (SSSR count). The molecule has 86 valence electrons. The number of anilines is 1. The largest absolute Gasteiger partial charge is 0.390 e. The number of para-hydroxylation sites is 1. The van der Waals surface area contributed by atoms with Crippen molar-refractivity contribution in [1.82, 2.24) is 0 Å². The van der Waals surface area contributed by atoms with Gasteiger partial charge in [-0.15, -0.1) is 11.6 Å². The summed E-state index contributed by atoms with van der Waals surface area (Å²) in [6.45, 7) is 0.277. The van der Waals surface area contributed by atoms with Gasteiger partial charge in [0, 0.05) is 12.1 Å². The van der Waals surface area contributed by atoms with Gasteiger partial charge in [0.2, 0.25) is 5.91 Å². The van der Waals surface area contributed by atoms with E-state index in [-0.39, 0.29) is 18.3 Å². The Hall–Kier alpha value is -1.06. The Morgan fingerprint density at radius 3 is 2.88 bits per heavy atom. The molecule has 0 saturated carbocycles. The predicted molar refractivity (Wildman–Crippen MR) is 63.8 cm³/mol. The van der Waals surface area contributed by atoms with Crippen molar-refractivity contribution >= 4 is 23.2 Å². The van der Waals surface area contributed by atoms with Gasteiger partial charge >= 0.3 is 0 Å². The molecule has 1 aliphatic rings. The Kier molecular flexibility index (Phi) is 3.46. The Morgan fingerprint density at radius 2 is 2.12 bits per heavy atom. The topological polar surface area (TPSA) is 40.5 Å². The fraction of sp³-hybridized carbons (Fsp3) is 0.417. The van der Waals surface area contributed by atoms with E-state index in [1.54, 1.807) is 4.90 Å². The molecule has 3 nitrogen and oxygen atoms in total. The van der Waals surface area contributed by atoms with Crippen molar-refractivity contribution in [1.29, 1.82) is 0 Å². The van der Waals surface area contributed by atoms with E-state index in [1.807, 2.05) is 24.3 Å². The van der Waals surface area contributed by atoms with Crippen LogP contribution in [0.15, 0.2) is 24.3 Å². The van der Waals surface area contributed by atoms with Crippen LogP contribution in [0.2, 0.25) is 0 Å². The second-order valence-corrected chi connectivity index (χ2v) is 4.25.